The maximum absolute atomic E-state index is 5.80. The first-order chi connectivity index (χ1) is 6.40. The Labute approximate surface area is 82.1 Å². The smallest absolute Gasteiger partial charge is 0.00462 e. The predicted octanol–water partition coefficient (Wildman–Crippen LogP) is 2.94. The van der Waals surface area contributed by atoms with Crippen LogP contribution in [0.2, 0.25) is 0 Å². The molecule has 0 aromatic rings. The van der Waals surface area contributed by atoms with E-state index in [1.807, 2.05) is 0 Å². The SMILES string of the molecule is NCC1CCCC1CC1CCCC1. The lowest BCUT2D eigenvalue weighted by atomic mass is 9.86. The summed E-state index contributed by atoms with van der Waals surface area (Å²) in [7, 11) is 0. The number of hydrogen-bond donors (Lipinski definition) is 1. The van der Waals surface area contributed by atoms with E-state index in [4.69, 9.17) is 5.73 Å². The molecule has 2 unspecified atom stereocenters. The topological polar surface area (TPSA) is 26.0 Å². The molecule has 0 aromatic heterocycles. The molecule has 0 saturated heterocycles. The zero-order valence-corrected chi connectivity index (χ0v) is 8.67. The first-order valence-electron chi connectivity index (χ1n) is 6.10. The molecule has 0 amide bonds. The minimum atomic E-state index is 0.876. The summed E-state index contributed by atoms with van der Waals surface area (Å²) >= 11 is 0. The fourth-order valence-electron chi connectivity index (χ4n) is 3.41. The fraction of sp³-hybridized carbons (Fsp3) is 1.00. The monoisotopic (exact) mass is 181 g/mol. The molecule has 76 valence electrons. The molecule has 2 aliphatic rings. The van der Waals surface area contributed by atoms with Crippen molar-refractivity contribution in [3.05, 3.63) is 0 Å². The van der Waals surface area contributed by atoms with Gasteiger partial charge in [-0.3, -0.25) is 0 Å². The van der Waals surface area contributed by atoms with Gasteiger partial charge >= 0.3 is 0 Å². The Bertz CT molecular complexity index is 149. The molecule has 1 nitrogen and oxygen atoms in total. The summed E-state index contributed by atoms with van der Waals surface area (Å²) in [6.07, 6.45) is 11.8. The van der Waals surface area contributed by atoms with Gasteiger partial charge in [-0.2, -0.15) is 0 Å². The number of nitrogens with two attached hydrogens (primary N) is 1. The lowest BCUT2D eigenvalue weighted by molar-refractivity contribution is 0.309. The first kappa shape index (κ1) is 9.51. The quantitative estimate of drug-likeness (QED) is 0.711. The average molecular weight is 181 g/mol. The molecule has 13 heavy (non-hydrogen) atoms. The summed E-state index contributed by atoms with van der Waals surface area (Å²) in [6.45, 7) is 0.942. The van der Waals surface area contributed by atoms with Crippen molar-refractivity contribution in [3.63, 3.8) is 0 Å². The first-order valence-corrected chi connectivity index (χ1v) is 6.10. The zero-order chi connectivity index (χ0) is 9.10. The summed E-state index contributed by atoms with van der Waals surface area (Å²) in [5, 5.41) is 0. The van der Waals surface area contributed by atoms with Crippen LogP contribution in [0.15, 0.2) is 0 Å². The van der Waals surface area contributed by atoms with Crippen LogP contribution in [-0.2, 0) is 0 Å². The molecule has 2 N–H and O–H groups in total. The van der Waals surface area contributed by atoms with Crippen LogP contribution in [0.1, 0.15) is 51.4 Å². The normalized spacial score (nSPS) is 35.8. The Morgan fingerprint density at radius 1 is 0.846 bits per heavy atom. The van der Waals surface area contributed by atoms with E-state index in [9.17, 15) is 0 Å². The second-order valence-corrected chi connectivity index (χ2v) is 5.07. The van der Waals surface area contributed by atoms with Gasteiger partial charge in [0.2, 0.25) is 0 Å². The van der Waals surface area contributed by atoms with Crippen LogP contribution in [0.5, 0.6) is 0 Å². The van der Waals surface area contributed by atoms with E-state index in [0.717, 1.165) is 24.3 Å². The van der Waals surface area contributed by atoms with Crippen molar-refractivity contribution in [2.24, 2.45) is 23.5 Å². The van der Waals surface area contributed by atoms with E-state index in [2.05, 4.69) is 0 Å². The summed E-state index contributed by atoms with van der Waals surface area (Å²) in [5.41, 5.74) is 5.80. The van der Waals surface area contributed by atoms with Crippen molar-refractivity contribution in [1.29, 1.82) is 0 Å². The largest absolute Gasteiger partial charge is 0.330 e. The fourth-order valence-corrected chi connectivity index (χ4v) is 3.41. The van der Waals surface area contributed by atoms with Gasteiger partial charge in [0.25, 0.3) is 0 Å². The molecule has 2 aliphatic carbocycles. The Kier molecular flexibility index (Phi) is 3.26. The van der Waals surface area contributed by atoms with E-state index in [-0.39, 0.29) is 0 Å². The van der Waals surface area contributed by atoms with Crippen molar-refractivity contribution in [2.75, 3.05) is 6.54 Å². The van der Waals surface area contributed by atoms with E-state index < -0.39 is 0 Å². The minimum Gasteiger partial charge on any atom is -0.330 e. The molecule has 2 saturated carbocycles. The highest BCUT2D eigenvalue weighted by Crippen LogP contribution is 2.39. The molecule has 0 radical (unpaired) electrons. The molecule has 2 rings (SSSR count). The summed E-state index contributed by atoms with van der Waals surface area (Å²) in [4.78, 5) is 0. The molecule has 0 aliphatic heterocycles. The summed E-state index contributed by atoms with van der Waals surface area (Å²) in [5.74, 6) is 2.94. The van der Waals surface area contributed by atoms with E-state index in [1.165, 1.54) is 51.4 Å². The van der Waals surface area contributed by atoms with Crippen molar-refractivity contribution in [1.82, 2.24) is 0 Å². The van der Waals surface area contributed by atoms with E-state index in [1.54, 1.807) is 0 Å². The van der Waals surface area contributed by atoms with E-state index >= 15 is 0 Å². The van der Waals surface area contributed by atoms with Gasteiger partial charge in [0.15, 0.2) is 0 Å². The molecule has 2 atom stereocenters. The third-order valence-corrected chi connectivity index (χ3v) is 4.23. The number of rotatable bonds is 3. The molecule has 0 heterocycles. The molecular weight excluding hydrogens is 158 g/mol. The van der Waals surface area contributed by atoms with Crippen LogP contribution in [0, 0.1) is 17.8 Å². The van der Waals surface area contributed by atoms with Gasteiger partial charge in [-0.05, 0) is 37.1 Å². The van der Waals surface area contributed by atoms with Crippen molar-refractivity contribution >= 4 is 0 Å². The molecule has 0 bridgehead atoms. The maximum atomic E-state index is 5.80. The van der Waals surface area contributed by atoms with E-state index in [0.29, 0.717) is 0 Å². The Hall–Kier alpha value is -0.0400. The van der Waals surface area contributed by atoms with Gasteiger partial charge in [-0.1, -0.05) is 38.5 Å². The molecular formula is C12H23N. The second kappa shape index (κ2) is 4.45. The lowest BCUT2D eigenvalue weighted by Crippen LogP contribution is -2.20. The van der Waals surface area contributed by atoms with Crippen LogP contribution in [0.4, 0.5) is 0 Å². The van der Waals surface area contributed by atoms with Crippen molar-refractivity contribution in [2.45, 2.75) is 51.4 Å². The third kappa shape index (κ3) is 2.25. The second-order valence-electron chi connectivity index (χ2n) is 5.07. The Morgan fingerprint density at radius 2 is 1.54 bits per heavy atom. The van der Waals surface area contributed by atoms with Gasteiger partial charge in [0, 0.05) is 0 Å². The predicted molar refractivity (Wildman–Crippen MR) is 56.5 cm³/mol. The van der Waals surface area contributed by atoms with Gasteiger partial charge in [0.1, 0.15) is 0 Å². The lowest BCUT2D eigenvalue weighted by Gasteiger charge is -2.21. The molecule has 2 fully saturated rings. The van der Waals surface area contributed by atoms with Crippen molar-refractivity contribution < 1.29 is 0 Å². The maximum Gasteiger partial charge on any atom is -0.00462 e. The van der Waals surface area contributed by atoms with Gasteiger partial charge in [-0.25, -0.2) is 0 Å². The van der Waals surface area contributed by atoms with Gasteiger partial charge in [0.05, 0.1) is 0 Å². The molecule has 0 spiro atoms. The highest BCUT2D eigenvalue weighted by molar-refractivity contribution is 4.81. The van der Waals surface area contributed by atoms with Crippen LogP contribution < -0.4 is 5.73 Å². The van der Waals surface area contributed by atoms with Crippen LogP contribution >= 0.6 is 0 Å². The third-order valence-electron chi connectivity index (χ3n) is 4.23. The van der Waals surface area contributed by atoms with Crippen LogP contribution in [-0.4, -0.2) is 6.54 Å². The van der Waals surface area contributed by atoms with Gasteiger partial charge < -0.3 is 5.73 Å². The summed E-state index contributed by atoms with van der Waals surface area (Å²) < 4.78 is 0. The zero-order valence-electron chi connectivity index (χ0n) is 8.67. The molecule has 0 aromatic carbocycles. The minimum absolute atomic E-state index is 0.876. The Morgan fingerprint density at radius 3 is 2.23 bits per heavy atom. The summed E-state index contributed by atoms with van der Waals surface area (Å²) in [6, 6.07) is 0. The Balaban J connectivity index is 1.79. The standard InChI is InChI=1S/C12H23N/c13-9-12-7-3-6-11(12)8-10-4-1-2-5-10/h10-12H,1-9,13H2. The van der Waals surface area contributed by atoms with Crippen LogP contribution in [0.3, 0.4) is 0 Å². The molecule has 1 heteroatoms. The highest BCUT2D eigenvalue weighted by atomic mass is 14.6. The van der Waals surface area contributed by atoms with Crippen molar-refractivity contribution in [3.8, 4) is 0 Å². The average Bonchev–Trinajstić information content (AvgIpc) is 2.76. The highest BCUT2D eigenvalue weighted by Gasteiger charge is 2.29. The number of hydrogen-bond acceptors (Lipinski definition) is 1. The van der Waals surface area contributed by atoms with Gasteiger partial charge in [-0.15, -0.1) is 0 Å². The van der Waals surface area contributed by atoms with Crippen LogP contribution in [0.25, 0.3) is 0 Å².